The summed E-state index contributed by atoms with van der Waals surface area (Å²) in [5.74, 6) is 2.57. The van der Waals surface area contributed by atoms with Gasteiger partial charge in [-0.3, -0.25) is 0 Å². The van der Waals surface area contributed by atoms with Crippen LogP contribution in [-0.2, 0) is 6.42 Å². The number of rotatable bonds is 5. The molecule has 0 saturated carbocycles. The maximum Gasteiger partial charge on any atom is 0.176 e. The quantitative estimate of drug-likeness (QED) is 0.731. The molecular formula is C20H26N8. The fourth-order valence-corrected chi connectivity index (χ4v) is 3.59. The van der Waals surface area contributed by atoms with Crippen LogP contribution in [0.3, 0.4) is 0 Å². The Hall–Kier alpha value is -3.03. The zero-order valence-corrected chi connectivity index (χ0v) is 16.6. The number of nitrogens with zero attached hydrogens (tertiary/aromatic N) is 7. The van der Waals surface area contributed by atoms with Crippen molar-refractivity contribution in [2.75, 3.05) is 23.3 Å². The summed E-state index contributed by atoms with van der Waals surface area (Å²) in [5.41, 5.74) is 3.11. The molecule has 1 aliphatic rings. The van der Waals surface area contributed by atoms with Crippen LogP contribution in [0, 0.1) is 13.8 Å². The molecule has 8 heteroatoms. The second kappa shape index (κ2) is 7.92. The van der Waals surface area contributed by atoms with Crippen molar-refractivity contribution >= 4 is 11.6 Å². The summed E-state index contributed by atoms with van der Waals surface area (Å²) < 4.78 is 1.82. The molecule has 1 aliphatic heterocycles. The molecule has 0 atom stereocenters. The van der Waals surface area contributed by atoms with Crippen molar-refractivity contribution in [1.82, 2.24) is 29.9 Å². The molecule has 1 N–H and O–H groups in total. The Morgan fingerprint density at radius 3 is 2.50 bits per heavy atom. The number of hydrogen-bond donors (Lipinski definition) is 1. The molecule has 28 heavy (non-hydrogen) atoms. The van der Waals surface area contributed by atoms with Gasteiger partial charge in [0.05, 0.1) is 5.69 Å². The van der Waals surface area contributed by atoms with Gasteiger partial charge >= 0.3 is 0 Å². The van der Waals surface area contributed by atoms with E-state index in [1.54, 1.807) is 6.33 Å². The maximum atomic E-state index is 4.45. The monoisotopic (exact) mass is 378 g/mol. The van der Waals surface area contributed by atoms with Crippen LogP contribution in [0.25, 0.3) is 5.82 Å². The molecular weight excluding hydrogens is 352 g/mol. The molecule has 0 aliphatic carbocycles. The molecule has 8 nitrogen and oxygen atoms in total. The molecule has 0 amide bonds. The third kappa shape index (κ3) is 3.95. The molecule has 0 unspecified atom stereocenters. The predicted molar refractivity (Wildman–Crippen MR) is 109 cm³/mol. The van der Waals surface area contributed by atoms with Gasteiger partial charge in [0, 0.05) is 36.6 Å². The SMILES string of the molecule is CCc1cc(N2CCC(Nc3ccc(-n4nc(C)cc4C)nn3)CC2)ncn1. The molecule has 0 spiro atoms. The van der Waals surface area contributed by atoms with Gasteiger partial charge in [-0.25, -0.2) is 14.6 Å². The molecule has 0 bridgehead atoms. The van der Waals surface area contributed by atoms with Crippen LogP contribution in [0.2, 0.25) is 0 Å². The summed E-state index contributed by atoms with van der Waals surface area (Å²) >= 11 is 0. The topological polar surface area (TPSA) is 84.7 Å². The molecule has 4 rings (SSSR count). The Bertz CT molecular complexity index is 926. The molecule has 0 radical (unpaired) electrons. The summed E-state index contributed by atoms with van der Waals surface area (Å²) in [4.78, 5) is 11.0. The van der Waals surface area contributed by atoms with Crippen LogP contribution >= 0.6 is 0 Å². The number of aryl methyl sites for hydroxylation is 3. The lowest BCUT2D eigenvalue weighted by Crippen LogP contribution is -2.39. The predicted octanol–water partition coefficient (Wildman–Crippen LogP) is 2.71. The minimum atomic E-state index is 0.387. The molecule has 1 fully saturated rings. The molecule has 4 heterocycles. The average molecular weight is 378 g/mol. The van der Waals surface area contributed by atoms with Crippen molar-refractivity contribution in [3.05, 3.63) is 47.7 Å². The highest BCUT2D eigenvalue weighted by Gasteiger charge is 2.21. The molecule has 3 aromatic heterocycles. The van der Waals surface area contributed by atoms with E-state index in [1.807, 2.05) is 36.7 Å². The van der Waals surface area contributed by atoms with Gasteiger partial charge in [-0.05, 0) is 51.3 Å². The van der Waals surface area contributed by atoms with Gasteiger partial charge in [-0.1, -0.05) is 6.92 Å². The number of nitrogens with one attached hydrogen (secondary N) is 1. The van der Waals surface area contributed by atoms with Crippen molar-refractivity contribution in [2.24, 2.45) is 0 Å². The number of hydrogen-bond acceptors (Lipinski definition) is 7. The van der Waals surface area contributed by atoms with Crippen LogP contribution in [0.1, 0.15) is 36.8 Å². The highest BCUT2D eigenvalue weighted by atomic mass is 15.4. The smallest absolute Gasteiger partial charge is 0.176 e. The van der Waals surface area contributed by atoms with Crippen molar-refractivity contribution < 1.29 is 0 Å². The van der Waals surface area contributed by atoms with E-state index in [1.165, 1.54) is 0 Å². The minimum absolute atomic E-state index is 0.387. The number of piperidine rings is 1. The van der Waals surface area contributed by atoms with Gasteiger partial charge in [0.15, 0.2) is 5.82 Å². The summed E-state index contributed by atoms with van der Waals surface area (Å²) in [7, 11) is 0. The lowest BCUT2D eigenvalue weighted by molar-refractivity contribution is 0.521. The summed E-state index contributed by atoms with van der Waals surface area (Å²) in [6.07, 6.45) is 4.66. The van der Waals surface area contributed by atoms with E-state index in [-0.39, 0.29) is 0 Å². The van der Waals surface area contributed by atoms with E-state index in [0.29, 0.717) is 6.04 Å². The van der Waals surface area contributed by atoms with Crippen LogP contribution in [0.4, 0.5) is 11.6 Å². The first kappa shape index (κ1) is 18.3. The Labute approximate surface area is 165 Å². The third-order valence-electron chi connectivity index (χ3n) is 5.12. The lowest BCUT2D eigenvalue weighted by Gasteiger charge is -2.33. The molecule has 1 saturated heterocycles. The lowest BCUT2D eigenvalue weighted by atomic mass is 10.0. The van der Waals surface area contributed by atoms with Gasteiger partial charge < -0.3 is 10.2 Å². The largest absolute Gasteiger partial charge is 0.366 e. The van der Waals surface area contributed by atoms with E-state index in [0.717, 1.165) is 66.9 Å². The van der Waals surface area contributed by atoms with Crippen molar-refractivity contribution in [1.29, 1.82) is 0 Å². The average Bonchev–Trinajstić information content (AvgIpc) is 3.07. The Morgan fingerprint density at radius 1 is 1.04 bits per heavy atom. The van der Waals surface area contributed by atoms with Gasteiger partial charge in [-0.2, -0.15) is 5.10 Å². The Morgan fingerprint density at radius 2 is 1.86 bits per heavy atom. The van der Waals surface area contributed by atoms with E-state index in [9.17, 15) is 0 Å². The van der Waals surface area contributed by atoms with Crippen molar-refractivity contribution in [3.63, 3.8) is 0 Å². The minimum Gasteiger partial charge on any atom is -0.366 e. The second-order valence-electron chi connectivity index (χ2n) is 7.24. The second-order valence-corrected chi connectivity index (χ2v) is 7.24. The normalized spacial score (nSPS) is 15.0. The summed E-state index contributed by atoms with van der Waals surface area (Å²) in [6.45, 7) is 8.04. The van der Waals surface area contributed by atoms with Gasteiger partial charge in [-0.15, -0.1) is 10.2 Å². The molecule has 0 aromatic carbocycles. The fraction of sp³-hybridized carbons (Fsp3) is 0.450. The fourth-order valence-electron chi connectivity index (χ4n) is 3.59. The van der Waals surface area contributed by atoms with Crippen LogP contribution in [0.5, 0.6) is 0 Å². The van der Waals surface area contributed by atoms with E-state index in [4.69, 9.17) is 0 Å². The third-order valence-corrected chi connectivity index (χ3v) is 5.12. The van der Waals surface area contributed by atoms with Crippen LogP contribution in [0.15, 0.2) is 30.6 Å². The molecule has 146 valence electrons. The summed E-state index contributed by atoms with van der Waals surface area (Å²) in [5, 5.41) is 16.6. The maximum absolute atomic E-state index is 4.45. The van der Waals surface area contributed by atoms with Crippen molar-refractivity contribution in [3.8, 4) is 5.82 Å². The molecule has 3 aromatic rings. The first-order valence-corrected chi connectivity index (χ1v) is 9.82. The Kier molecular flexibility index (Phi) is 5.18. The van der Waals surface area contributed by atoms with E-state index >= 15 is 0 Å². The number of anilines is 2. The highest BCUT2D eigenvalue weighted by molar-refractivity contribution is 5.41. The van der Waals surface area contributed by atoms with E-state index < -0.39 is 0 Å². The summed E-state index contributed by atoms with van der Waals surface area (Å²) in [6, 6.07) is 8.44. The first-order valence-electron chi connectivity index (χ1n) is 9.82. The standard InChI is InChI=1S/C20H26N8/c1-4-16-12-20(22-13-21-16)27-9-7-17(8-10-27)23-18-5-6-19(25-24-18)28-15(3)11-14(2)26-28/h5-6,11-13,17H,4,7-10H2,1-3H3,(H,23,24). The van der Waals surface area contributed by atoms with E-state index in [2.05, 4.69) is 48.5 Å². The van der Waals surface area contributed by atoms with Crippen molar-refractivity contribution in [2.45, 2.75) is 46.1 Å². The van der Waals surface area contributed by atoms with Gasteiger partial charge in [0.25, 0.3) is 0 Å². The zero-order chi connectivity index (χ0) is 19.5. The number of aromatic nitrogens is 6. The van der Waals surface area contributed by atoms with Gasteiger partial charge in [0.2, 0.25) is 0 Å². The zero-order valence-electron chi connectivity index (χ0n) is 16.6. The van der Waals surface area contributed by atoms with Crippen LogP contribution in [-0.4, -0.2) is 49.1 Å². The van der Waals surface area contributed by atoms with Crippen LogP contribution < -0.4 is 10.2 Å². The first-order chi connectivity index (χ1) is 13.6. The van der Waals surface area contributed by atoms with Gasteiger partial charge in [0.1, 0.15) is 18.0 Å². The Balaban J connectivity index is 1.35. The highest BCUT2D eigenvalue weighted by Crippen LogP contribution is 2.20.